The van der Waals surface area contributed by atoms with Crippen LogP contribution in [0.25, 0.3) is 0 Å². The lowest BCUT2D eigenvalue weighted by Gasteiger charge is -2.11. The van der Waals surface area contributed by atoms with Crippen molar-refractivity contribution in [1.29, 1.82) is 0 Å². The Morgan fingerprint density at radius 1 is 1.29 bits per heavy atom. The van der Waals surface area contributed by atoms with Crippen LogP contribution in [0, 0.1) is 0 Å². The first kappa shape index (κ1) is 17.3. The Hall–Kier alpha value is -1.77. The Bertz CT molecular complexity index is 457. The molecule has 0 saturated carbocycles. The highest BCUT2D eigenvalue weighted by molar-refractivity contribution is 8.13. The number of thioether (sulfide) groups is 1. The number of methoxy groups -OCH3 is 1. The molecule has 0 saturated heterocycles. The number of amides is 1. The summed E-state index contributed by atoms with van der Waals surface area (Å²) >= 11 is 1.21. The molecule has 0 bridgehead atoms. The maximum atomic E-state index is 11.3. The van der Waals surface area contributed by atoms with Gasteiger partial charge in [0, 0.05) is 24.9 Å². The lowest BCUT2D eigenvalue weighted by molar-refractivity contribution is 0.261. The molecule has 0 aliphatic carbocycles. The van der Waals surface area contributed by atoms with Gasteiger partial charge in [0.15, 0.2) is 0 Å². The summed E-state index contributed by atoms with van der Waals surface area (Å²) in [6.45, 7) is 7.07. The second-order valence-corrected chi connectivity index (χ2v) is 5.43. The molecule has 0 aliphatic rings. The quantitative estimate of drug-likeness (QED) is 0.622. The van der Waals surface area contributed by atoms with E-state index in [1.165, 1.54) is 18.9 Å². The predicted octanol–water partition coefficient (Wildman–Crippen LogP) is 1.58. The Labute approximate surface area is 128 Å². The number of aromatic nitrogens is 3. The van der Waals surface area contributed by atoms with Gasteiger partial charge in [0.1, 0.15) is 0 Å². The van der Waals surface area contributed by atoms with E-state index in [0.29, 0.717) is 30.7 Å². The molecular formula is C12H22N6O2S. The van der Waals surface area contributed by atoms with Crippen LogP contribution in [0.4, 0.5) is 16.7 Å². The summed E-state index contributed by atoms with van der Waals surface area (Å²) in [5, 5.41) is 8.83. The molecule has 1 aromatic rings. The van der Waals surface area contributed by atoms with Crippen molar-refractivity contribution >= 4 is 28.9 Å². The smallest absolute Gasteiger partial charge is 0.322 e. The van der Waals surface area contributed by atoms with Gasteiger partial charge in [-0.25, -0.2) is 0 Å². The lowest BCUT2D eigenvalue weighted by Crippen LogP contribution is -2.19. The zero-order valence-corrected chi connectivity index (χ0v) is 13.6. The number of carbonyl (C=O) groups is 1. The van der Waals surface area contributed by atoms with E-state index in [2.05, 4.69) is 30.9 Å². The van der Waals surface area contributed by atoms with Crippen LogP contribution in [0.5, 0.6) is 6.01 Å². The highest BCUT2D eigenvalue weighted by atomic mass is 32.2. The standard InChI is InChI=1S/C12H22N6O2S/c1-5-13-12(19)21-7-6-14-9-16-10(15-8(2)3)18-11(17-9)20-4/h8H,5-7H2,1-4H3,(H,13,19)(H2,14,15,16,17,18). The van der Waals surface area contributed by atoms with Gasteiger partial charge >= 0.3 is 6.01 Å². The summed E-state index contributed by atoms with van der Waals surface area (Å²) in [7, 11) is 1.50. The molecule has 1 rings (SSSR count). The highest BCUT2D eigenvalue weighted by Gasteiger charge is 2.07. The molecule has 9 heteroatoms. The number of nitrogens with zero attached hydrogens (tertiary/aromatic N) is 3. The monoisotopic (exact) mass is 314 g/mol. The normalized spacial score (nSPS) is 10.3. The van der Waals surface area contributed by atoms with Crippen molar-refractivity contribution < 1.29 is 9.53 Å². The maximum absolute atomic E-state index is 11.3. The van der Waals surface area contributed by atoms with E-state index in [0.717, 1.165) is 0 Å². The zero-order valence-electron chi connectivity index (χ0n) is 12.8. The average Bonchev–Trinajstić information content (AvgIpc) is 2.43. The fourth-order valence-electron chi connectivity index (χ4n) is 1.35. The lowest BCUT2D eigenvalue weighted by atomic mass is 10.4. The third-order valence-corrected chi connectivity index (χ3v) is 2.97. The van der Waals surface area contributed by atoms with Gasteiger partial charge in [-0.3, -0.25) is 4.79 Å². The van der Waals surface area contributed by atoms with Gasteiger partial charge in [-0.15, -0.1) is 0 Å². The van der Waals surface area contributed by atoms with Crippen LogP contribution in [-0.2, 0) is 0 Å². The molecule has 1 aromatic heterocycles. The molecule has 0 unspecified atom stereocenters. The molecule has 0 spiro atoms. The van der Waals surface area contributed by atoms with Crippen LogP contribution in [0.1, 0.15) is 20.8 Å². The number of hydrogen-bond donors (Lipinski definition) is 3. The summed E-state index contributed by atoms with van der Waals surface area (Å²) in [5.74, 6) is 1.49. The van der Waals surface area contributed by atoms with E-state index in [-0.39, 0.29) is 17.3 Å². The van der Waals surface area contributed by atoms with Crippen LogP contribution >= 0.6 is 11.8 Å². The topological polar surface area (TPSA) is 101 Å². The molecule has 0 fully saturated rings. The first-order chi connectivity index (χ1) is 10.0. The van der Waals surface area contributed by atoms with Crippen molar-refractivity contribution in [3.63, 3.8) is 0 Å². The zero-order chi connectivity index (χ0) is 15.7. The molecule has 0 aliphatic heterocycles. The van der Waals surface area contributed by atoms with Crippen molar-refractivity contribution in [3.05, 3.63) is 0 Å². The van der Waals surface area contributed by atoms with Crippen molar-refractivity contribution in [2.75, 3.05) is 36.6 Å². The molecule has 21 heavy (non-hydrogen) atoms. The van der Waals surface area contributed by atoms with Crippen LogP contribution in [-0.4, -0.2) is 52.2 Å². The van der Waals surface area contributed by atoms with E-state index in [4.69, 9.17) is 4.74 Å². The first-order valence-corrected chi connectivity index (χ1v) is 7.74. The molecule has 0 aromatic carbocycles. The predicted molar refractivity (Wildman–Crippen MR) is 85.2 cm³/mol. The van der Waals surface area contributed by atoms with Crippen molar-refractivity contribution in [2.24, 2.45) is 0 Å². The van der Waals surface area contributed by atoms with E-state index >= 15 is 0 Å². The Morgan fingerprint density at radius 2 is 2.00 bits per heavy atom. The fraction of sp³-hybridized carbons (Fsp3) is 0.667. The fourth-order valence-corrected chi connectivity index (χ4v) is 1.99. The van der Waals surface area contributed by atoms with E-state index in [9.17, 15) is 4.79 Å². The third-order valence-electron chi connectivity index (χ3n) is 2.15. The van der Waals surface area contributed by atoms with Crippen LogP contribution in [0.2, 0.25) is 0 Å². The van der Waals surface area contributed by atoms with Crippen LogP contribution in [0.3, 0.4) is 0 Å². The molecule has 1 heterocycles. The minimum absolute atomic E-state index is 0.0327. The van der Waals surface area contributed by atoms with Gasteiger partial charge in [0.05, 0.1) is 7.11 Å². The first-order valence-electron chi connectivity index (χ1n) is 6.76. The largest absolute Gasteiger partial charge is 0.467 e. The van der Waals surface area contributed by atoms with Crippen molar-refractivity contribution in [2.45, 2.75) is 26.8 Å². The van der Waals surface area contributed by atoms with Crippen LogP contribution < -0.4 is 20.7 Å². The number of ether oxygens (including phenoxy) is 1. The van der Waals surface area contributed by atoms with Gasteiger partial charge in [-0.2, -0.15) is 15.0 Å². The minimum Gasteiger partial charge on any atom is -0.467 e. The molecule has 118 valence electrons. The Morgan fingerprint density at radius 3 is 2.62 bits per heavy atom. The molecule has 8 nitrogen and oxygen atoms in total. The molecule has 1 amide bonds. The number of hydrogen-bond acceptors (Lipinski definition) is 8. The van der Waals surface area contributed by atoms with Gasteiger partial charge < -0.3 is 20.7 Å². The van der Waals surface area contributed by atoms with Crippen molar-refractivity contribution in [3.8, 4) is 6.01 Å². The minimum atomic E-state index is -0.0327. The SMILES string of the molecule is CCNC(=O)SCCNc1nc(NC(C)C)nc(OC)n1. The third kappa shape index (κ3) is 6.98. The van der Waals surface area contributed by atoms with Crippen LogP contribution in [0.15, 0.2) is 0 Å². The Kier molecular flexibility index (Phi) is 7.59. The molecular weight excluding hydrogens is 292 g/mol. The summed E-state index contributed by atoms with van der Waals surface area (Å²) in [5.41, 5.74) is 0. The summed E-state index contributed by atoms with van der Waals surface area (Å²) in [4.78, 5) is 23.7. The second kappa shape index (κ2) is 9.22. The number of rotatable bonds is 8. The van der Waals surface area contributed by atoms with Crippen molar-refractivity contribution in [1.82, 2.24) is 20.3 Å². The van der Waals surface area contributed by atoms with Gasteiger partial charge in [-0.05, 0) is 20.8 Å². The Balaban J connectivity index is 2.51. The van der Waals surface area contributed by atoms with E-state index in [1.807, 2.05) is 20.8 Å². The second-order valence-electron chi connectivity index (χ2n) is 4.36. The van der Waals surface area contributed by atoms with Gasteiger partial charge in [0.2, 0.25) is 11.9 Å². The number of nitrogens with one attached hydrogen (secondary N) is 3. The highest BCUT2D eigenvalue weighted by Crippen LogP contribution is 2.11. The summed E-state index contributed by atoms with van der Waals surface area (Å²) in [6, 6.07) is 0.449. The molecule has 0 radical (unpaired) electrons. The van der Waals surface area contributed by atoms with E-state index < -0.39 is 0 Å². The molecule has 3 N–H and O–H groups in total. The summed E-state index contributed by atoms with van der Waals surface area (Å²) in [6.07, 6.45) is 0. The number of carbonyl (C=O) groups excluding carboxylic acids is 1. The van der Waals surface area contributed by atoms with E-state index in [1.54, 1.807) is 0 Å². The van der Waals surface area contributed by atoms with Gasteiger partial charge in [-0.1, -0.05) is 11.8 Å². The summed E-state index contributed by atoms with van der Waals surface area (Å²) < 4.78 is 5.04. The number of anilines is 2. The average molecular weight is 314 g/mol. The molecule has 0 atom stereocenters. The maximum Gasteiger partial charge on any atom is 0.322 e. The van der Waals surface area contributed by atoms with Gasteiger partial charge in [0.25, 0.3) is 5.24 Å².